The predicted octanol–water partition coefficient (Wildman–Crippen LogP) is 3.26. The summed E-state index contributed by atoms with van der Waals surface area (Å²) in [6.07, 6.45) is 7.13. The highest BCUT2D eigenvalue weighted by Crippen LogP contribution is 2.40. The number of rotatable bonds is 3. The molecular weight excluding hydrogens is 294 g/mol. The third-order valence-corrected chi connectivity index (χ3v) is 4.77. The Hall–Kier alpha value is -1.91. The number of methoxy groups -OCH3 is 1. The van der Waals surface area contributed by atoms with E-state index in [0.29, 0.717) is 42.1 Å². The molecule has 1 aliphatic carbocycles. The van der Waals surface area contributed by atoms with Crippen LogP contribution in [0, 0.1) is 0 Å². The number of hydrogen-bond donors (Lipinski definition) is 0. The van der Waals surface area contributed by atoms with E-state index in [1.807, 2.05) is 11.9 Å². The zero-order valence-electron chi connectivity index (χ0n) is 14.0. The van der Waals surface area contributed by atoms with Crippen LogP contribution in [0.15, 0.2) is 12.1 Å². The van der Waals surface area contributed by atoms with Crippen LogP contribution in [-0.4, -0.2) is 44.2 Å². The van der Waals surface area contributed by atoms with Gasteiger partial charge < -0.3 is 19.1 Å². The third kappa shape index (κ3) is 3.38. The van der Waals surface area contributed by atoms with Crippen LogP contribution in [0.2, 0.25) is 0 Å². The van der Waals surface area contributed by atoms with Crippen LogP contribution in [0.5, 0.6) is 17.2 Å². The molecule has 1 aromatic carbocycles. The number of fused-ring (bicyclic) bond motifs is 1. The monoisotopic (exact) mass is 319 g/mol. The first-order valence-electron chi connectivity index (χ1n) is 8.45. The molecule has 1 aliphatic heterocycles. The van der Waals surface area contributed by atoms with Gasteiger partial charge in [0.15, 0.2) is 11.5 Å². The van der Waals surface area contributed by atoms with E-state index in [4.69, 9.17) is 14.2 Å². The molecule has 2 aliphatic rings. The van der Waals surface area contributed by atoms with Crippen LogP contribution < -0.4 is 14.2 Å². The van der Waals surface area contributed by atoms with E-state index in [1.54, 1.807) is 19.2 Å². The highest BCUT2D eigenvalue weighted by molar-refractivity contribution is 5.95. The number of carbonyl (C=O) groups is 1. The lowest BCUT2D eigenvalue weighted by molar-refractivity contribution is 0.0716. The third-order valence-electron chi connectivity index (χ3n) is 4.77. The fourth-order valence-corrected chi connectivity index (χ4v) is 3.41. The molecule has 5 heteroatoms. The molecule has 23 heavy (non-hydrogen) atoms. The number of benzene rings is 1. The molecule has 0 bridgehead atoms. The minimum absolute atomic E-state index is 0.0205. The van der Waals surface area contributed by atoms with Crippen LogP contribution in [-0.2, 0) is 0 Å². The van der Waals surface area contributed by atoms with Crippen LogP contribution >= 0.6 is 0 Å². The van der Waals surface area contributed by atoms with Gasteiger partial charge in [0.1, 0.15) is 13.2 Å². The molecule has 0 saturated heterocycles. The van der Waals surface area contributed by atoms with Crippen LogP contribution in [0.25, 0.3) is 0 Å². The van der Waals surface area contributed by atoms with Gasteiger partial charge in [-0.1, -0.05) is 25.7 Å². The van der Waals surface area contributed by atoms with Crippen molar-refractivity contribution in [2.24, 2.45) is 0 Å². The summed E-state index contributed by atoms with van der Waals surface area (Å²) in [7, 11) is 3.48. The van der Waals surface area contributed by atoms with Crippen molar-refractivity contribution in [1.82, 2.24) is 4.90 Å². The Morgan fingerprint density at radius 2 is 1.83 bits per heavy atom. The summed E-state index contributed by atoms with van der Waals surface area (Å²) < 4.78 is 16.6. The number of amides is 1. The molecule has 1 fully saturated rings. The number of carbonyl (C=O) groups excluding carboxylic acids is 1. The van der Waals surface area contributed by atoms with E-state index < -0.39 is 0 Å². The van der Waals surface area contributed by atoms with Gasteiger partial charge in [-0.3, -0.25) is 4.79 Å². The van der Waals surface area contributed by atoms with Gasteiger partial charge in [-0.25, -0.2) is 0 Å². The predicted molar refractivity (Wildman–Crippen MR) is 87.6 cm³/mol. The first-order chi connectivity index (χ1) is 11.2. The Morgan fingerprint density at radius 1 is 1.13 bits per heavy atom. The zero-order chi connectivity index (χ0) is 16.2. The molecule has 0 atom stereocenters. The fraction of sp³-hybridized carbons (Fsp3) is 0.611. The Bertz CT molecular complexity index is 547. The molecule has 0 N–H and O–H groups in total. The van der Waals surface area contributed by atoms with Crippen LogP contribution in [0.3, 0.4) is 0 Å². The van der Waals surface area contributed by atoms with Gasteiger partial charge in [0.25, 0.3) is 5.91 Å². The van der Waals surface area contributed by atoms with Crippen LogP contribution in [0.1, 0.15) is 48.9 Å². The summed E-state index contributed by atoms with van der Waals surface area (Å²) in [6, 6.07) is 3.85. The average molecular weight is 319 g/mol. The summed E-state index contributed by atoms with van der Waals surface area (Å²) in [5, 5.41) is 0. The first-order valence-corrected chi connectivity index (χ1v) is 8.45. The highest BCUT2D eigenvalue weighted by atomic mass is 16.6. The molecule has 5 nitrogen and oxygen atoms in total. The summed E-state index contributed by atoms with van der Waals surface area (Å²) in [5.74, 6) is 1.76. The van der Waals surface area contributed by atoms with Gasteiger partial charge in [0.05, 0.1) is 7.11 Å². The molecule has 0 spiro atoms. The standard InChI is InChI=1S/C18H25NO4/c1-19(14-7-5-3-4-6-8-14)18(20)13-11-15(21-2)17-16(12-13)22-9-10-23-17/h11-12,14H,3-10H2,1-2H3. The maximum absolute atomic E-state index is 12.9. The summed E-state index contributed by atoms with van der Waals surface area (Å²) in [5.41, 5.74) is 0.595. The van der Waals surface area contributed by atoms with Gasteiger partial charge in [-0.2, -0.15) is 0 Å². The second kappa shape index (κ2) is 7.11. The maximum atomic E-state index is 12.9. The van der Waals surface area contributed by atoms with Gasteiger partial charge in [0, 0.05) is 18.7 Å². The van der Waals surface area contributed by atoms with E-state index >= 15 is 0 Å². The smallest absolute Gasteiger partial charge is 0.254 e. The summed E-state index contributed by atoms with van der Waals surface area (Å²) >= 11 is 0. The van der Waals surface area contributed by atoms with E-state index in [9.17, 15) is 4.79 Å². The number of hydrogen-bond acceptors (Lipinski definition) is 4. The molecule has 1 aromatic rings. The lowest BCUT2D eigenvalue weighted by Gasteiger charge is -2.28. The lowest BCUT2D eigenvalue weighted by Crippen LogP contribution is -2.36. The van der Waals surface area contributed by atoms with Gasteiger partial charge in [-0.05, 0) is 25.0 Å². The summed E-state index contributed by atoms with van der Waals surface area (Å²) in [4.78, 5) is 14.8. The normalized spacial score (nSPS) is 18.2. The zero-order valence-corrected chi connectivity index (χ0v) is 14.0. The first kappa shape index (κ1) is 16.0. The molecule has 0 radical (unpaired) electrons. The van der Waals surface area contributed by atoms with Crippen LogP contribution in [0.4, 0.5) is 0 Å². The Labute approximate surface area is 137 Å². The molecule has 1 amide bonds. The van der Waals surface area contributed by atoms with E-state index in [2.05, 4.69) is 0 Å². The molecule has 126 valence electrons. The second-order valence-electron chi connectivity index (χ2n) is 6.26. The van der Waals surface area contributed by atoms with Gasteiger partial charge in [0.2, 0.25) is 5.75 Å². The van der Waals surface area contributed by atoms with Gasteiger partial charge >= 0.3 is 0 Å². The lowest BCUT2D eigenvalue weighted by atomic mass is 10.1. The maximum Gasteiger partial charge on any atom is 0.254 e. The van der Waals surface area contributed by atoms with E-state index in [1.165, 1.54) is 25.7 Å². The topological polar surface area (TPSA) is 48.0 Å². The number of nitrogens with zero attached hydrogens (tertiary/aromatic N) is 1. The van der Waals surface area contributed by atoms with E-state index in [0.717, 1.165) is 12.8 Å². The highest BCUT2D eigenvalue weighted by Gasteiger charge is 2.26. The van der Waals surface area contributed by atoms with E-state index in [-0.39, 0.29) is 5.91 Å². The minimum Gasteiger partial charge on any atom is -0.493 e. The molecule has 1 heterocycles. The van der Waals surface area contributed by atoms with Crippen molar-refractivity contribution in [2.75, 3.05) is 27.4 Å². The molecular formula is C18H25NO4. The SMILES string of the molecule is COc1cc(C(=O)N(C)C2CCCCCC2)cc2c1OCCO2. The average Bonchev–Trinajstić information content (AvgIpc) is 2.88. The molecule has 0 aromatic heterocycles. The molecule has 0 unspecified atom stereocenters. The van der Waals surface area contributed by atoms with Crippen molar-refractivity contribution in [2.45, 2.75) is 44.6 Å². The fourth-order valence-electron chi connectivity index (χ4n) is 3.41. The largest absolute Gasteiger partial charge is 0.493 e. The van der Waals surface area contributed by atoms with Crippen molar-refractivity contribution < 1.29 is 19.0 Å². The molecule has 1 saturated carbocycles. The summed E-state index contributed by atoms with van der Waals surface area (Å²) in [6.45, 7) is 0.991. The second-order valence-corrected chi connectivity index (χ2v) is 6.26. The Morgan fingerprint density at radius 3 is 2.52 bits per heavy atom. The van der Waals surface area contributed by atoms with Crippen molar-refractivity contribution in [3.63, 3.8) is 0 Å². The quantitative estimate of drug-likeness (QED) is 0.802. The Kier molecular flexibility index (Phi) is 4.94. The van der Waals surface area contributed by atoms with Crippen molar-refractivity contribution in [3.05, 3.63) is 17.7 Å². The van der Waals surface area contributed by atoms with Crippen molar-refractivity contribution in [3.8, 4) is 17.2 Å². The Balaban J connectivity index is 1.83. The molecule has 3 rings (SSSR count). The van der Waals surface area contributed by atoms with Crippen molar-refractivity contribution >= 4 is 5.91 Å². The van der Waals surface area contributed by atoms with Gasteiger partial charge in [-0.15, -0.1) is 0 Å². The van der Waals surface area contributed by atoms with Crippen molar-refractivity contribution in [1.29, 1.82) is 0 Å². The minimum atomic E-state index is 0.0205. The number of ether oxygens (including phenoxy) is 3.